The molecule has 28 heavy (non-hydrogen) atoms. The van der Waals surface area contributed by atoms with E-state index in [1.807, 2.05) is 17.9 Å². The van der Waals surface area contributed by atoms with Crippen molar-refractivity contribution < 1.29 is 9.21 Å². The molecule has 6 nitrogen and oxygen atoms in total. The fraction of sp³-hybridized carbons (Fsp3) is 0.591. The van der Waals surface area contributed by atoms with E-state index in [1.54, 1.807) is 0 Å². The highest BCUT2D eigenvalue weighted by atomic mass is 16.4. The first-order chi connectivity index (χ1) is 13.7. The molecule has 2 aliphatic rings. The van der Waals surface area contributed by atoms with Gasteiger partial charge in [-0.3, -0.25) is 4.79 Å². The Hall–Kier alpha value is -2.21. The van der Waals surface area contributed by atoms with Gasteiger partial charge in [0.1, 0.15) is 0 Å². The maximum atomic E-state index is 12.4. The van der Waals surface area contributed by atoms with Crippen molar-refractivity contribution in [2.45, 2.75) is 57.4 Å². The summed E-state index contributed by atoms with van der Waals surface area (Å²) in [6.45, 7) is 6.48. The van der Waals surface area contributed by atoms with Crippen molar-refractivity contribution in [2.24, 2.45) is 5.92 Å². The van der Waals surface area contributed by atoms with Crippen LogP contribution in [0.5, 0.6) is 0 Å². The third kappa shape index (κ3) is 3.83. The second-order valence-electron chi connectivity index (χ2n) is 8.20. The molecule has 0 spiro atoms. The van der Waals surface area contributed by atoms with E-state index in [4.69, 9.17) is 4.42 Å². The van der Waals surface area contributed by atoms with Crippen LogP contribution in [-0.4, -0.2) is 40.6 Å². The lowest BCUT2D eigenvalue weighted by Crippen LogP contribution is -2.50. The first kappa shape index (κ1) is 19.1. The van der Waals surface area contributed by atoms with Gasteiger partial charge in [0.2, 0.25) is 17.7 Å². The van der Waals surface area contributed by atoms with Gasteiger partial charge in [-0.25, -0.2) is 0 Å². The number of rotatable bonds is 6. The number of benzene rings is 1. The molecule has 1 amide bonds. The third-order valence-electron chi connectivity index (χ3n) is 6.09. The van der Waals surface area contributed by atoms with E-state index in [2.05, 4.69) is 46.7 Å². The molecule has 3 unspecified atom stereocenters. The van der Waals surface area contributed by atoms with E-state index in [9.17, 15) is 4.79 Å². The minimum absolute atomic E-state index is 0.0554. The monoisotopic (exact) mass is 382 g/mol. The summed E-state index contributed by atoms with van der Waals surface area (Å²) >= 11 is 0. The highest BCUT2D eigenvalue weighted by molar-refractivity contribution is 5.79. The Morgan fingerprint density at radius 1 is 1.25 bits per heavy atom. The molecule has 0 saturated carbocycles. The van der Waals surface area contributed by atoms with Crippen molar-refractivity contribution in [3.8, 4) is 0 Å². The number of hydrogen-bond acceptors (Lipinski definition) is 5. The largest absolute Gasteiger partial charge is 0.423 e. The molecule has 0 bridgehead atoms. The number of nitrogens with one attached hydrogen (secondary N) is 1. The summed E-state index contributed by atoms with van der Waals surface area (Å²) in [4.78, 5) is 14.3. The van der Waals surface area contributed by atoms with Crippen molar-refractivity contribution >= 4 is 5.91 Å². The van der Waals surface area contributed by atoms with Gasteiger partial charge in [0.15, 0.2) is 0 Å². The van der Waals surface area contributed by atoms with Crippen molar-refractivity contribution in [3.63, 3.8) is 0 Å². The van der Waals surface area contributed by atoms with Crippen LogP contribution in [0.25, 0.3) is 0 Å². The van der Waals surface area contributed by atoms with Crippen LogP contribution in [0.1, 0.15) is 74.8 Å². The lowest BCUT2D eigenvalue weighted by atomic mass is 9.85. The maximum absolute atomic E-state index is 12.4. The zero-order valence-electron chi connectivity index (χ0n) is 16.8. The average molecular weight is 383 g/mol. The van der Waals surface area contributed by atoms with E-state index in [0.29, 0.717) is 30.8 Å². The molecule has 0 radical (unpaired) electrons. The summed E-state index contributed by atoms with van der Waals surface area (Å²) < 4.78 is 6.09. The lowest BCUT2D eigenvalue weighted by Gasteiger charge is -2.38. The fourth-order valence-electron chi connectivity index (χ4n) is 4.43. The first-order valence-corrected chi connectivity index (χ1v) is 10.6. The molecule has 1 N–H and O–H groups in total. The van der Waals surface area contributed by atoms with Crippen LogP contribution >= 0.6 is 0 Å². The summed E-state index contributed by atoms with van der Waals surface area (Å²) in [5.41, 5.74) is 1.31. The van der Waals surface area contributed by atoms with Crippen molar-refractivity contribution in [1.29, 1.82) is 0 Å². The van der Waals surface area contributed by atoms with Gasteiger partial charge in [-0.2, -0.15) is 0 Å². The summed E-state index contributed by atoms with van der Waals surface area (Å²) in [5.74, 6) is 2.20. The Kier molecular flexibility index (Phi) is 5.76. The Morgan fingerprint density at radius 2 is 2.00 bits per heavy atom. The van der Waals surface area contributed by atoms with Crippen molar-refractivity contribution in [2.75, 3.05) is 19.6 Å². The number of piperidine rings is 1. The van der Waals surface area contributed by atoms with E-state index >= 15 is 0 Å². The first-order valence-electron chi connectivity index (χ1n) is 10.6. The molecule has 2 fully saturated rings. The SMILES string of the molecule is CCCC(C)C(=O)N1CC(c2nnc(C3NCCCC3c3ccccc3)o2)C1. The summed E-state index contributed by atoms with van der Waals surface area (Å²) in [7, 11) is 0. The van der Waals surface area contributed by atoms with Gasteiger partial charge in [-0.15, -0.1) is 10.2 Å². The van der Waals surface area contributed by atoms with E-state index < -0.39 is 0 Å². The minimum atomic E-state index is 0.0554. The molecule has 3 heterocycles. The van der Waals surface area contributed by atoms with Crippen molar-refractivity contribution in [1.82, 2.24) is 20.4 Å². The molecule has 150 valence electrons. The fourth-order valence-corrected chi connectivity index (χ4v) is 4.43. The molecule has 6 heteroatoms. The molecular formula is C22H30N4O2. The highest BCUT2D eigenvalue weighted by Crippen LogP contribution is 2.38. The van der Waals surface area contributed by atoms with Gasteiger partial charge in [-0.05, 0) is 31.4 Å². The van der Waals surface area contributed by atoms with Gasteiger partial charge < -0.3 is 14.6 Å². The summed E-state index contributed by atoms with van der Waals surface area (Å²) in [5, 5.41) is 12.3. The smallest absolute Gasteiger partial charge is 0.234 e. The molecular weight excluding hydrogens is 352 g/mol. The van der Waals surface area contributed by atoms with Gasteiger partial charge in [0.05, 0.1) is 12.0 Å². The molecule has 2 aromatic rings. The van der Waals surface area contributed by atoms with Crippen molar-refractivity contribution in [3.05, 3.63) is 47.7 Å². The zero-order valence-corrected chi connectivity index (χ0v) is 16.8. The Bertz CT molecular complexity index is 785. The quantitative estimate of drug-likeness (QED) is 0.826. The number of likely N-dealkylation sites (tertiary alicyclic amines) is 1. The Labute approximate surface area is 166 Å². The van der Waals surface area contributed by atoms with E-state index in [-0.39, 0.29) is 23.8 Å². The highest BCUT2D eigenvalue weighted by Gasteiger charge is 2.38. The number of carbonyl (C=O) groups excluding carboxylic acids is 1. The standard InChI is InChI=1S/C22H30N4O2/c1-3-8-15(2)22(27)26-13-17(14-26)20-24-25-21(28-20)19-18(11-7-12-23-19)16-9-5-4-6-10-16/h4-6,9-10,15,17-19,23H,3,7-8,11-14H2,1-2H3. The normalized spacial score (nSPS) is 24.0. The van der Waals surface area contributed by atoms with Gasteiger partial charge in [0.25, 0.3) is 0 Å². The van der Waals surface area contributed by atoms with Crippen LogP contribution in [0.3, 0.4) is 0 Å². The minimum Gasteiger partial charge on any atom is -0.423 e. The topological polar surface area (TPSA) is 71.3 Å². The number of amides is 1. The maximum Gasteiger partial charge on any atom is 0.234 e. The molecule has 0 aliphatic carbocycles. The molecule has 1 aromatic carbocycles. The Morgan fingerprint density at radius 3 is 2.75 bits per heavy atom. The zero-order chi connectivity index (χ0) is 19.5. The Balaban J connectivity index is 1.41. The summed E-state index contributed by atoms with van der Waals surface area (Å²) in [6, 6.07) is 10.6. The lowest BCUT2D eigenvalue weighted by molar-refractivity contribution is -0.140. The van der Waals surface area contributed by atoms with Gasteiger partial charge in [-0.1, -0.05) is 50.6 Å². The van der Waals surface area contributed by atoms with Gasteiger partial charge in [0, 0.05) is 24.9 Å². The van der Waals surface area contributed by atoms with Crippen LogP contribution in [-0.2, 0) is 4.79 Å². The van der Waals surface area contributed by atoms with E-state index in [1.165, 1.54) is 5.56 Å². The number of nitrogens with zero attached hydrogens (tertiary/aromatic N) is 3. The van der Waals surface area contributed by atoms with Crippen LogP contribution in [0.4, 0.5) is 0 Å². The average Bonchev–Trinajstić information content (AvgIpc) is 3.17. The second kappa shape index (κ2) is 8.43. The van der Waals surface area contributed by atoms with Crippen LogP contribution in [0.15, 0.2) is 34.7 Å². The molecule has 2 aliphatic heterocycles. The molecule has 2 saturated heterocycles. The van der Waals surface area contributed by atoms with Crippen LogP contribution < -0.4 is 5.32 Å². The third-order valence-corrected chi connectivity index (χ3v) is 6.09. The second-order valence-corrected chi connectivity index (χ2v) is 8.20. The number of carbonyl (C=O) groups is 1. The van der Waals surface area contributed by atoms with Crippen LogP contribution in [0.2, 0.25) is 0 Å². The van der Waals surface area contributed by atoms with E-state index in [0.717, 1.165) is 32.2 Å². The number of aromatic nitrogens is 2. The molecule has 1 aromatic heterocycles. The molecule has 3 atom stereocenters. The summed E-state index contributed by atoms with van der Waals surface area (Å²) in [6.07, 6.45) is 4.24. The predicted molar refractivity (Wildman–Crippen MR) is 107 cm³/mol. The molecule has 4 rings (SSSR count). The predicted octanol–water partition coefficient (Wildman–Crippen LogP) is 3.64. The number of hydrogen-bond donors (Lipinski definition) is 1. The van der Waals surface area contributed by atoms with Crippen LogP contribution in [0, 0.1) is 5.92 Å². The van der Waals surface area contributed by atoms with Gasteiger partial charge >= 0.3 is 0 Å².